The summed E-state index contributed by atoms with van der Waals surface area (Å²) in [4.78, 5) is 28.5. The van der Waals surface area contributed by atoms with Crippen molar-refractivity contribution in [2.45, 2.75) is 19.8 Å². The van der Waals surface area contributed by atoms with Gasteiger partial charge in [0.2, 0.25) is 0 Å². The summed E-state index contributed by atoms with van der Waals surface area (Å²) in [7, 11) is 1.49. The summed E-state index contributed by atoms with van der Waals surface area (Å²) in [5.74, 6) is 0.523. The number of H-pyrrole nitrogens is 1. The summed E-state index contributed by atoms with van der Waals surface area (Å²) in [6, 6.07) is 15.7. The molecule has 3 aromatic carbocycles. The second-order valence-electron chi connectivity index (χ2n) is 8.43. The van der Waals surface area contributed by atoms with Gasteiger partial charge in [-0.25, -0.2) is 19.3 Å². The molecule has 0 saturated heterocycles. The number of rotatable bonds is 5. The summed E-state index contributed by atoms with van der Waals surface area (Å²) >= 11 is 0. The van der Waals surface area contributed by atoms with Gasteiger partial charge < -0.3 is 10.1 Å². The van der Waals surface area contributed by atoms with Crippen molar-refractivity contribution in [2.24, 2.45) is 4.99 Å². The number of benzene rings is 3. The number of carbonyl (C=O) groups excluding carboxylic acids is 1. The maximum atomic E-state index is 15.1. The van der Waals surface area contributed by atoms with Crippen molar-refractivity contribution >= 4 is 28.3 Å². The van der Waals surface area contributed by atoms with Crippen LogP contribution in [0.15, 0.2) is 64.4 Å². The monoisotopic (exact) mass is 485 g/mol. The molecule has 9 heteroatoms. The average Bonchev–Trinajstić information content (AvgIpc) is 3.28. The first kappa shape index (κ1) is 23.2. The Labute approximate surface area is 206 Å². The molecule has 0 bridgehead atoms. The van der Waals surface area contributed by atoms with Crippen LogP contribution in [0.2, 0.25) is 0 Å². The van der Waals surface area contributed by atoms with Gasteiger partial charge in [0.15, 0.2) is 0 Å². The van der Waals surface area contributed by atoms with Crippen molar-refractivity contribution in [1.29, 1.82) is 0 Å². The Bertz CT molecular complexity index is 1580. The highest BCUT2D eigenvalue weighted by Crippen LogP contribution is 2.37. The van der Waals surface area contributed by atoms with Crippen LogP contribution in [-0.4, -0.2) is 35.7 Å². The molecule has 2 heterocycles. The van der Waals surface area contributed by atoms with Crippen molar-refractivity contribution in [3.63, 3.8) is 0 Å². The topological polar surface area (TPSA) is 108 Å². The lowest BCUT2D eigenvalue weighted by Crippen LogP contribution is -2.39. The van der Waals surface area contributed by atoms with E-state index in [1.165, 1.54) is 13.2 Å². The summed E-state index contributed by atoms with van der Waals surface area (Å²) in [6.07, 6.45) is 0.702. The molecule has 0 atom stereocenters. The fraction of sp³-hybridized carbons (Fsp3) is 0.185. The number of methoxy groups -OCH3 is 1. The predicted octanol–water partition coefficient (Wildman–Crippen LogP) is 4.23. The maximum absolute atomic E-state index is 15.1. The van der Waals surface area contributed by atoms with Gasteiger partial charge in [0.1, 0.15) is 17.4 Å². The molecule has 2 amide bonds. The van der Waals surface area contributed by atoms with Crippen molar-refractivity contribution in [3.8, 4) is 16.9 Å². The number of urea groups is 1. The first-order chi connectivity index (χ1) is 17.5. The Balaban J connectivity index is 1.51. The van der Waals surface area contributed by atoms with Crippen molar-refractivity contribution in [3.05, 3.63) is 87.6 Å². The molecule has 1 aliphatic heterocycles. The molecule has 182 valence electrons. The smallest absolute Gasteiger partial charge is 0.320 e. The van der Waals surface area contributed by atoms with E-state index < -0.39 is 5.82 Å². The Hall–Kier alpha value is -4.53. The van der Waals surface area contributed by atoms with Gasteiger partial charge in [-0.1, -0.05) is 30.3 Å². The standard InChI is InChI=1S/C27H24FN5O3/c1-3-29-27(35)31-25-13-16-9-8-15(11-22(16)30-25)20-10-17(21(28)14-24(20)36-2)12-23-18-6-4-5-7-19(18)26(34)33-32-23/h4-11,14H,3,12-13H2,1-2H3,(H,33,34)(H2,29,30,31,35). The lowest BCUT2D eigenvalue weighted by molar-refractivity contribution is 0.245. The number of hydrogen-bond donors (Lipinski definition) is 3. The van der Waals surface area contributed by atoms with E-state index in [-0.39, 0.29) is 18.0 Å². The number of aliphatic imine (C=N–C) groups is 1. The van der Waals surface area contributed by atoms with Crippen LogP contribution in [0.5, 0.6) is 5.75 Å². The molecule has 1 aliphatic rings. The van der Waals surface area contributed by atoms with E-state index in [1.807, 2.05) is 31.2 Å². The minimum atomic E-state index is -0.430. The van der Waals surface area contributed by atoms with Crippen molar-refractivity contribution in [1.82, 2.24) is 20.8 Å². The maximum Gasteiger partial charge on any atom is 0.320 e. The van der Waals surface area contributed by atoms with E-state index in [0.717, 1.165) is 16.8 Å². The number of carbonyl (C=O) groups is 1. The van der Waals surface area contributed by atoms with Crippen LogP contribution in [0.1, 0.15) is 23.7 Å². The molecule has 0 aliphatic carbocycles. The van der Waals surface area contributed by atoms with Crippen LogP contribution in [0.4, 0.5) is 14.9 Å². The number of hydrogen-bond acceptors (Lipinski definition) is 5. The first-order valence-corrected chi connectivity index (χ1v) is 11.5. The van der Waals surface area contributed by atoms with E-state index in [4.69, 9.17) is 4.74 Å². The van der Waals surface area contributed by atoms with Gasteiger partial charge >= 0.3 is 6.03 Å². The Morgan fingerprint density at radius 3 is 2.72 bits per heavy atom. The van der Waals surface area contributed by atoms with Crippen LogP contribution in [0, 0.1) is 5.82 Å². The molecule has 4 aromatic rings. The van der Waals surface area contributed by atoms with Gasteiger partial charge in [-0.3, -0.25) is 10.1 Å². The van der Waals surface area contributed by atoms with Gasteiger partial charge in [0.05, 0.1) is 23.9 Å². The number of amidine groups is 1. The molecule has 0 radical (unpaired) electrons. The molecule has 5 rings (SSSR count). The number of nitrogens with zero attached hydrogens (tertiary/aromatic N) is 2. The van der Waals surface area contributed by atoms with Crippen LogP contribution >= 0.6 is 0 Å². The lowest BCUT2D eigenvalue weighted by Gasteiger charge is -2.13. The van der Waals surface area contributed by atoms with Gasteiger partial charge in [0.25, 0.3) is 5.56 Å². The Kier molecular flexibility index (Phi) is 6.20. The van der Waals surface area contributed by atoms with Crippen LogP contribution in [-0.2, 0) is 12.8 Å². The quantitative estimate of drug-likeness (QED) is 0.393. The normalized spacial score (nSPS) is 12.2. The highest BCUT2D eigenvalue weighted by Gasteiger charge is 2.20. The lowest BCUT2D eigenvalue weighted by atomic mass is 9.96. The van der Waals surface area contributed by atoms with E-state index in [0.29, 0.717) is 52.1 Å². The minimum Gasteiger partial charge on any atom is -0.496 e. The zero-order valence-corrected chi connectivity index (χ0v) is 19.8. The Morgan fingerprint density at radius 1 is 1.14 bits per heavy atom. The molecule has 36 heavy (non-hydrogen) atoms. The minimum absolute atomic E-state index is 0.184. The molecule has 0 unspecified atom stereocenters. The average molecular weight is 486 g/mol. The number of ether oxygens (including phenoxy) is 1. The van der Waals surface area contributed by atoms with Crippen LogP contribution in [0.3, 0.4) is 0 Å². The third kappa shape index (κ3) is 4.43. The number of halogens is 1. The van der Waals surface area contributed by atoms with E-state index in [9.17, 15) is 9.59 Å². The molecule has 0 spiro atoms. The van der Waals surface area contributed by atoms with Gasteiger partial charge in [-0.05, 0) is 41.8 Å². The highest BCUT2D eigenvalue weighted by atomic mass is 19.1. The zero-order valence-electron chi connectivity index (χ0n) is 19.8. The summed E-state index contributed by atoms with van der Waals surface area (Å²) < 4.78 is 20.6. The fourth-order valence-corrected chi connectivity index (χ4v) is 4.37. The van der Waals surface area contributed by atoms with Crippen molar-refractivity contribution < 1.29 is 13.9 Å². The van der Waals surface area contributed by atoms with Crippen molar-refractivity contribution in [2.75, 3.05) is 13.7 Å². The molecular weight excluding hydrogens is 461 g/mol. The molecule has 1 aromatic heterocycles. The highest BCUT2D eigenvalue weighted by molar-refractivity contribution is 6.02. The molecular formula is C27H24FN5O3. The number of aromatic amines is 1. The second kappa shape index (κ2) is 9.61. The van der Waals surface area contributed by atoms with Gasteiger partial charge in [-0.2, -0.15) is 5.10 Å². The Morgan fingerprint density at radius 2 is 1.94 bits per heavy atom. The number of amides is 2. The second-order valence-corrected chi connectivity index (χ2v) is 8.43. The van der Waals surface area contributed by atoms with E-state index in [1.54, 1.807) is 24.3 Å². The van der Waals surface area contributed by atoms with E-state index >= 15 is 4.39 Å². The fourth-order valence-electron chi connectivity index (χ4n) is 4.37. The van der Waals surface area contributed by atoms with Crippen LogP contribution < -0.4 is 20.9 Å². The SMILES string of the molecule is CCNC(=O)NC1=Nc2cc(-c3cc(Cc4n[nH]c(=O)c5ccccc45)c(F)cc3OC)ccc2C1. The third-order valence-corrected chi connectivity index (χ3v) is 6.11. The molecule has 0 saturated carbocycles. The molecule has 0 fully saturated rings. The zero-order chi connectivity index (χ0) is 25.2. The number of nitrogens with one attached hydrogen (secondary N) is 3. The largest absolute Gasteiger partial charge is 0.496 e. The number of fused-ring (bicyclic) bond motifs is 2. The summed E-state index contributed by atoms with van der Waals surface area (Å²) in [6.45, 7) is 2.37. The van der Waals surface area contributed by atoms with Crippen LogP contribution in [0.25, 0.3) is 21.9 Å². The molecule has 8 nitrogen and oxygen atoms in total. The third-order valence-electron chi connectivity index (χ3n) is 6.11. The van der Waals surface area contributed by atoms with Gasteiger partial charge in [0, 0.05) is 36.4 Å². The molecule has 3 N–H and O–H groups in total. The van der Waals surface area contributed by atoms with Gasteiger partial charge in [-0.15, -0.1) is 0 Å². The summed E-state index contributed by atoms with van der Waals surface area (Å²) in [5.41, 5.74) is 3.92. The first-order valence-electron chi connectivity index (χ1n) is 11.5. The number of aromatic nitrogens is 2. The summed E-state index contributed by atoms with van der Waals surface area (Å²) in [5, 5.41) is 13.3. The van der Waals surface area contributed by atoms with E-state index in [2.05, 4.69) is 25.8 Å². The predicted molar refractivity (Wildman–Crippen MR) is 137 cm³/mol.